The van der Waals surface area contributed by atoms with Crippen molar-refractivity contribution in [3.05, 3.63) is 28.8 Å². The Labute approximate surface area is 113 Å². The Morgan fingerprint density at radius 1 is 1.47 bits per heavy atom. The molecule has 1 atom stereocenters. The predicted molar refractivity (Wildman–Crippen MR) is 78.2 cm³/mol. The maximum absolute atomic E-state index is 9.42. The van der Waals surface area contributed by atoms with E-state index in [0.29, 0.717) is 11.1 Å². The average Bonchev–Trinajstić information content (AvgIpc) is 2.34. The second-order valence-electron chi connectivity index (χ2n) is 4.02. The van der Waals surface area contributed by atoms with Gasteiger partial charge in [-0.3, -0.25) is 0 Å². The van der Waals surface area contributed by atoms with Crippen LogP contribution in [0, 0.1) is 0 Å². The molecule has 0 amide bonds. The van der Waals surface area contributed by atoms with E-state index in [9.17, 15) is 5.11 Å². The molecule has 1 rings (SSSR count). The smallest absolute Gasteiger partial charge is 0.0716 e. The molecule has 0 aliphatic carbocycles. The van der Waals surface area contributed by atoms with Gasteiger partial charge in [0, 0.05) is 35.1 Å². The van der Waals surface area contributed by atoms with E-state index in [-0.39, 0.29) is 6.61 Å². The number of nitrogens with zero attached hydrogens (tertiary/aromatic N) is 1. The first-order valence-electron chi connectivity index (χ1n) is 5.75. The van der Waals surface area contributed by atoms with Crippen molar-refractivity contribution in [2.75, 3.05) is 24.0 Å². The molecule has 0 aliphatic heterocycles. The molecule has 1 unspecified atom stereocenters. The number of halogens is 1. The van der Waals surface area contributed by atoms with Crippen molar-refractivity contribution in [2.24, 2.45) is 0 Å². The summed E-state index contributed by atoms with van der Waals surface area (Å²) in [5.74, 6) is 1.07. The van der Waals surface area contributed by atoms with Gasteiger partial charge < -0.3 is 10.0 Å². The summed E-state index contributed by atoms with van der Waals surface area (Å²) >= 11 is 7.94. The predicted octanol–water partition coefficient (Wildman–Crippen LogP) is 3.41. The molecular weight excluding hydrogens is 254 g/mol. The summed E-state index contributed by atoms with van der Waals surface area (Å²) in [6, 6.07) is 6.23. The number of thioether (sulfide) groups is 1. The second-order valence-corrected chi connectivity index (χ2v) is 5.34. The quantitative estimate of drug-likeness (QED) is 0.859. The molecule has 1 aromatic carbocycles. The molecule has 0 radical (unpaired) electrons. The van der Waals surface area contributed by atoms with Crippen LogP contribution in [0.1, 0.15) is 18.9 Å². The molecule has 0 heterocycles. The molecule has 2 nitrogen and oxygen atoms in total. The summed E-state index contributed by atoms with van der Waals surface area (Å²) in [5, 5.41) is 10.1. The molecule has 0 bridgehead atoms. The van der Waals surface area contributed by atoms with Gasteiger partial charge in [0.1, 0.15) is 0 Å². The number of hydrogen-bond donors (Lipinski definition) is 1. The third kappa shape index (κ3) is 3.54. The largest absolute Gasteiger partial charge is 0.392 e. The molecule has 1 aromatic rings. The zero-order valence-electron chi connectivity index (χ0n) is 10.6. The highest BCUT2D eigenvalue weighted by atomic mass is 35.5. The minimum atomic E-state index is -0.0188. The van der Waals surface area contributed by atoms with Crippen molar-refractivity contribution in [3.8, 4) is 0 Å². The van der Waals surface area contributed by atoms with Gasteiger partial charge in [-0.2, -0.15) is 11.8 Å². The van der Waals surface area contributed by atoms with Crippen LogP contribution < -0.4 is 4.90 Å². The Morgan fingerprint density at radius 2 is 2.18 bits per heavy atom. The number of benzene rings is 1. The number of aliphatic hydroxyl groups is 1. The van der Waals surface area contributed by atoms with Crippen molar-refractivity contribution >= 4 is 29.1 Å². The fraction of sp³-hybridized carbons (Fsp3) is 0.538. The molecule has 4 heteroatoms. The van der Waals surface area contributed by atoms with Crippen molar-refractivity contribution in [1.82, 2.24) is 0 Å². The van der Waals surface area contributed by atoms with E-state index in [4.69, 9.17) is 11.6 Å². The summed E-state index contributed by atoms with van der Waals surface area (Å²) in [5.41, 5.74) is 1.84. The first-order valence-corrected chi connectivity index (χ1v) is 7.52. The van der Waals surface area contributed by atoms with Crippen molar-refractivity contribution < 1.29 is 5.11 Å². The van der Waals surface area contributed by atoms with Gasteiger partial charge in [0.05, 0.1) is 6.61 Å². The van der Waals surface area contributed by atoms with E-state index < -0.39 is 0 Å². The molecule has 0 aromatic heterocycles. The van der Waals surface area contributed by atoms with E-state index in [0.717, 1.165) is 23.4 Å². The Morgan fingerprint density at radius 3 is 2.71 bits per heavy atom. The van der Waals surface area contributed by atoms with Crippen molar-refractivity contribution in [3.63, 3.8) is 0 Å². The summed E-state index contributed by atoms with van der Waals surface area (Å²) in [4.78, 5) is 2.22. The Hall–Kier alpha value is -0.380. The highest BCUT2D eigenvalue weighted by molar-refractivity contribution is 7.98. The lowest BCUT2D eigenvalue weighted by molar-refractivity contribution is 0.282. The monoisotopic (exact) mass is 273 g/mol. The third-order valence-electron chi connectivity index (χ3n) is 3.01. The lowest BCUT2D eigenvalue weighted by atomic mass is 10.1. The van der Waals surface area contributed by atoms with Crippen LogP contribution in [0.3, 0.4) is 0 Å². The molecule has 17 heavy (non-hydrogen) atoms. The Bertz CT molecular complexity index is 359. The van der Waals surface area contributed by atoms with Crippen LogP contribution in [0.15, 0.2) is 18.2 Å². The van der Waals surface area contributed by atoms with Gasteiger partial charge in [0.2, 0.25) is 0 Å². The lowest BCUT2D eigenvalue weighted by Crippen LogP contribution is -2.33. The van der Waals surface area contributed by atoms with E-state index in [1.54, 1.807) is 0 Å². The minimum Gasteiger partial charge on any atom is -0.392 e. The Balaban J connectivity index is 3.01. The van der Waals surface area contributed by atoms with Gasteiger partial charge in [-0.15, -0.1) is 0 Å². The average molecular weight is 274 g/mol. The fourth-order valence-electron chi connectivity index (χ4n) is 1.93. The van der Waals surface area contributed by atoms with Crippen molar-refractivity contribution in [1.29, 1.82) is 0 Å². The van der Waals surface area contributed by atoms with Crippen molar-refractivity contribution in [2.45, 2.75) is 26.0 Å². The third-order valence-corrected chi connectivity index (χ3v) is 4.08. The maximum atomic E-state index is 9.42. The molecular formula is C13H20ClNOS. The Kier molecular flexibility index (Phi) is 6.17. The van der Waals surface area contributed by atoms with Gasteiger partial charge >= 0.3 is 0 Å². The highest BCUT2D eigenvalue weighted by Gasteiger charge is 2.16. The van der Waals surface area contributed by atoms with Gasteiger partial charge in [-0.25, -0.2) is 0 Å². The fourth-order valence-corrected chi connectivity index (χ4v) is 3.00. The lowest BCUT2D eigenvalue weighted by Gasteiger charge is -2.30. The first-order chi connectivity index (χ1) is 8.15. The maximum Gasteiger partial charge on any atom is 0.0716 e. The summed E-state index contributed by atoms with van der Waals surface area (Å²) in [7, 11) is 2.06. The van der Waals surface area contributed by atoms with Crippen LogP contribution in [-0.2, 0) is 6.61 Å². The summed E-state index contributed by atoms with van der Waals surface area (Å²) in [6.07, 6.45) is 3.19. The first kappa shape index (κ1) is 14.7. The topological polar surface area (TPSA) is 23.5 Å². The number of aliphatic hydroxyl groups excluding tert-OH is 1. The number of hydrogen-bond acceptors (Lipinski definition) is 3. The minimum absolute atomic E-state index is 0.0188. The standard InChI is InChI=1S/C13H20ClNOS/c1-4-10(9-17-3)15(2)13-7-5-6-12(14)11(13)8-16/h5-7,10,16H,4,8-9H2,1-3H3. The highest BCUT2D eigenvalue weighted by Crippen LogP contribution is 2.29. The van der Waals surface area contributed by atoms with E-state index in [1.807, 2.05) is 30.0 Å². The van der Waals surface area contributed by atoms with E-state index in [2.05, 4.69) is 25.1 Å². The number of rotatable bonds is 6. The van der Waals surface area contributed by atoms with E-state index in [1.165, 1.54) is 0 Å². The molecule has 96 valence electrons. The zero-order chi connectivity index (χ0) is 12.8. The molecule has 0 saturated carbocycles. The molecule has 0 fully saturated rings. The molecule has 0 spiro atoms. The zero-order valence-corrected chi connectivity index (χ0v) is 12.2. The van der Waals surface area contributed by atoms with Gasteiger partial charge in [-0.1, -0.05) is 24.6 Å². The molecule has 0 saturated heterocycles. The summed E-state index contributed by atoms with van der Waals surface area (Å²) < 4.78 is 0. The van der Waals surface area contributed by atoms with Crippen LogP contribution in [0.4, 0.5) is 5.69 Å². The molecule has 0 aliphatic rings. The number of anilines is 1. The van der Waals surface area contributed by atoms with Crippen LogP contribution in [-0.4, -0.2) is 30.2 Å². The van der Waals surface area contributed by atoms with Gasteiger partial charge in [0.25, 0.3) is 0 Å². The SMILES string of the molecule is CCC(CSC)N(C)c1cccc(Cl)c1CO. The summed E-state index contributed by atoms with van der Waals surface area (Å²) in [6.45, 7) is 2.16. The molecule has 1 N–H and O–H groups in total. The normalized spacial score (nSPS) is 12.5. The van der Waals surface area contributed by atoms with Crippen LogP contribution in [0.5, 0.6) is 0 Å². The van der Waals surface area contributed by atoms with Crippen LogP contribution in [0.2, 0.25) is 5.02 Å². The van der Waals surface area contributed by atoms with Gasteiger partial charge in [0.15, 0.2) is 0 Å². The van der Waals surface area contributed by atoms with E-state index >= 15 is 0 Å². The second kappa shape index (κ2) is 7.14. The van der Waals surface area contributed by atoms with Gasteiger partial charge in [-0.05, 0) is 24.8 Å². The van der Waals surface area contributed by atoms with Crippen LogP contribution in [0.25, 0.3) is 0 Å². The van der Waals surface area contributed by atoms with Crippen LogP contribution >= 0.6 is 23.4 Å².